The van der Waals surface area contributed by atoms with Crippen LogP contribution in [-0.2, 0) is 6.42 Å². The van der Waals surface area contributed by atoms with Gasteiger partial charge in [0.25, 0.3) is 0 Å². The molecule has 0 radical (unpaired) electrons. The van der Waals surface area contributed by atoms with E-state index < -0.39 is 0 Å². The Bertz CT molecular complexity index is 296. The molecule has 14 heavy (non-hydrogen) atoms. The lowest BCUT2D eigenvalue weighted by Gasteiger charge is -2.12. The summed E-state index contributed by atoms with van der Waals surface area (Å²) in [4.78, 5) is 0. The summed E-state index contributed by atoms with van der Waals surface area (Å²) >= 11 is 0. The van der Waals surface area contributed by atoms with Crippen LogP contribution in [0.25, 0.3) is 0 Å². The first-order chi connectivity index (χ1) is 6.72. The largest absolute Gasteiger partial charge is 0.310 e. The molecule has 76 valence electrons. The fourth-order valence-corrected chi connectivity index (χ4v) is 1.37. The van der Waals surface area contributed by atoms with E-state index in [-0.39, 0.29) is 5.82 Å². The summed E-state index contributed by atoms with van der Waals surface area (Å²) < 4.78 is 12.8. The zero-order chi connectivity index (χ0) is 10.4. The molecule has 0 spiro atoms. The summed E-state index contributed by atoms with van der Waals surface area (Å²) in [7, 11) is 0. The van der Waals surface area contributed by atoms with Gasteiger partial charge in [0.2, 0.25) is 0 Å². The van der Waals surface area contributed by atoms with Crippen molar-refractivity contribution in [3.8, 4) is 0 Å². The topological polar surface area (TPSA) is 12.0 Å². The molecule has 1 N–H and O–H groups in total. The van der Waals surface area contributed by atoms with E-state index >= 15 is 0 Å². The highest BCUT2D eigenvalue weighted by atomic mass is 19.1. The van der Waals surface area contributed by atoms with Crippen molar-refractivity contribution in [2.24, 2.45) is 0 Å². The zero-order valence-corrected chi connectivity index (χ0v) is 8.46. The van der Waals surface area contributed by atoms with Crippen molar-refractivity contribution in [3.05, 3.63) is 48.3 Å². The number of rotatable bonds is 5. The highest BCUT2D eigenvalue weighted by Crippen LogP contribution is 2.06. The molecular formula is C12H16FN. The van der Waals surface area contributed by atoms with Gasteiger partial charge in [0.15, 0.2) is 0 Å². The maximum absolute atomic E-state index is 12.8. The molecular weight excluding hydrogens is 177 g/mol. The predicted octanol–water partition coefficient (Wildman–Crippen LogP) is 2.53. The third-order valence-electron chi connectivity index (χ3n) is 2.04. The first-order valence-corrected chi connectivity index (χ1v) is 4.81. The van der Waals surface area contributed by atoms with E-state index in [1.807, 2.05) is 12.1 Å². The number of benzene rings is 1. The van der Waals surface area contributed by atoms with Gasteiger partial charge in [0, 0.05) is 12.6 Å². The predicted molar refractivity (Wildman–Crippen MR) is 57.8 cm³/mol. The molecule has 0 aliphatic heterocycles. The van der Waals surface area contributed by atoms with Crippen molar-refractivity contribution in [2.45, 2.75) is 19.4 Å². The molecule has 0 aliphatic rings. The van der Waals surface area contributed by atoms with Crippen LogP contribution in [0.5, 0.6) is 0 Å². The van der Waals surface area contributed by atoms with E-state index in [1.54, 1.807) is 12.1 Å². The summed E-state index contributed by atoms with van der Waals surface area (Å²) in [6, 6.07) is 7.06. The highest BCUT2D eigenvalue weighted by molar-refractivity contribution is 5.17. The quantitative estimate of drug-likeness (QED) is 0.708. The van der Waals surface area contributed by atoms with E-state index in [2.05, 4.69) is 18.8 Å². The van der Waals surface area contributed by atoms with Gasteiger partial charge in [-0.15, -0.1) is 6.58 Å². The number of hydrogen-bond donors (Lipinski definition) is 1. The van der Waals surface area contributed by atoms with Gasteiger partial charge >= 0.3 is 0 Å². The molecule has 0 saturated carbocycles. The molecule has 0 heterocycles. The van der Waals surface area contributed by atoms with Crippen LogP contribution in [0.3, 0.4) is 0 Å². The Kier molecular flexibility index (Phi) is 4.33. The Morgan fingerprint density at radius 2 is 2.36 bits per heavy atom. The fourth-order valence-electron chi connectivity index (χ4n) is 1.37. The Morgan fingerprint density at radius 1 is 1.57 bits per heavy atom. The molecule has 0 aliphatic carbocycles. The molecule has 0 bridgehead atoms. The van der Waals surface area contributed by atoms with Crippen molar-refractivity contribution >= 4 is 0 Å². The number of nitrogens with one attached hydrogen (secondary N) is 1. The summed E-state index contributed by atoms with van der Waals surface area (Å²) in [5.41, 5.74) is 1.02. The Balaban J connectivity index is 2.47. The van der Waals surface area contributed by atoms with E-state index in [0.29, 0.717) is 6.04 Å². The van der Waals surface area contributed by atoms with Gasteiger partial charge in [-0.05, 0) is 31.0 Å². The minimum Gasteiger partial charge on any atom is -0.310 e. The maximum atomic E-state index is 12.8. The van der Waals surface area contributed by atoms with E-state index in [1.165, 1.54) is 6.07 Å². The van der Waals surface area contributed by atoms with Gasteiger partial charge in [-0.3, -0.25) is 0 Å². The maximum Gasteiger partial charge on any atom is 0.123 e. The normalized spacial score (nSPS) is 12.4. The van der Waals surface area contributed by atoms with E-state index in [4.69, 9.17) is 0 Å². The Hall–Kier alpha value is -1.15. The van der Waals surface area contributed by atoms with Crippen molar-refractivity contribution in [1.29, 1.82) is 0 Å². The Labute approximate surface area is 84.6 Å². The first-order valence-electron chi connectivity index (χ1n) is 4.81. The lowest BCUT2D eigenvalue weighted by atomic mass is 10.1. The molecule has 1 rings (SSSR count). The SMILES string of the molecule is C=CCNC(C)Cc1cccc(F)c1. The molecule has 0 saturated heterocycles. The fraction of sp³-hybridized carbons (Fsp3) is 0.333. The van der Waals surface area contributed by atoms with Crippen LogP contribution in [0.1, 0.15) is 12.5 Å². The smallest absolute Gasteiger partial charge is 0.123 e. The van der Waals surface area contributed by atoms with Gasteiger partial charge in [-0.25, -0.2) is 4.39 Å². The summed E-state index contributed by atoms with van der Waals surface area (Å²) in [6.07, 6.45) is 2.66. The minimum absolute atomic E-state index is 0.168. The van der Waals surface area contributed by atoms with Gasteiger partial charge in [-0.1, -0.05) is 18.2 Å². The van der Waals surface area contributed by atoms with Gasteiger partial charge in [-0.2, -0.15) is 0 Å². The molecule has 0 aromatic heterocycles. The van der Waals surface area contributed by atoms with Crippen LogP contribution < -0.4 is 5.32 Å². The zero-order valence-electron chi connectivity index (χ0n) is 8.46. The molecule has 1 nitrogen and oxygen atoms in total. The molecule has 2 heteroatoms. The molecule has 0 amide bonds. The summed E-state index contributed by atoms with van der Waals surface area (Å²) in [5.74, 6) is -0.168. The minimum atomic E-state index is -0.168. The number of halogens is 1. The second-order valence-electron chi connectivity index (χ2n) is 3.43. The molecule has 1 atom stereocenters. The number of hydrogen-bond acceptors (Lipinski definition) is 1. The molecule has 1 aromatic carbocycles. The van der Waals surface area contributed by atoms with Crippen LogP contribution in [0.15, 0.2) is 36.9 Å². The average Bonchev–Trinajstić information content (AvgIpc) is 2.15. The molecule has 1 unspecified atom stereocenters. The average molecular weight is 193 g/mol. The standard InChI is InChI=1S/C12H16FN/c1-3-7-14-10(2)8-11-5-4-6-12(13)9-11/h3-6,9-10,14H,1,7-8H2,2H3. The van der Waals surface area contributed by atoms with Gasteiger partial charge in [0.1, 0.15) is 5.82 Å². The highest BCUT2D eigenvalue weighted by Gasteiger charge is 2.02. The van der Waals surface area contributed by atoms with Crippen molar-refractivity contribution in [3.63, 3.8) is 0 Å². The van der Waals surface area contributed by atoms with E-state index in [9.17, 15) is 4.39 Å². The van der Waals surface area contributed by atoms with Crippen LogP contribution in [-0.4, -0.2) is 12.6 Å². The monoisotopic (exact) mass is 193 g/mol. The first kappa shape index (κ1) is 10.9. The van der Waals surface area contributed by atoms with Crippen LogP contribution in [0, 0.1) is 5.82 Å². The molecule has 0 fully saturated rings. The van der Waals surface area contributed by atoms with Crippen LogP contribution >= 0.6 is 0 Å². The molecule has 1 aromatic rings. The lowest BCUT2D eigenvalue weighted by Crippen LogP contribution is -2.27. The third-order valence-corrected chi connectivity index (χ3v) is 2.04. The Morgan fingerprint density at radius 3 is 3.00 bits per heavy atom. The van der Waals surface area contributed by atoms with Crippen molar-refractivity contribution in [2.75, 3.05) is 6.54 Å². The van der Waals surface area contributed by atoms with Crippen LogP contribution in [0.4, 0.5) is 4.39 Å². The second-order valence-corrected chi connectivity index (χ2v) is 3.43. The third kappa shape index (κ3) is 3.71. The van der Waals surface area contributed by atoms with Crippen molar-refractivity contribution < 1.29 is 4.39 Å². The summed E-state index contributed by atoms with van der Waals surface area (Å²) in [5, 5.41) is 3.26. The van der Waals surface area contributed by atoms with Crippen LogP contribution in [0.2, 0.25) is 0 Å². The van der Waals surface area contributed by atoms with Crippen molar-refractivity contribution in [1.82, 2.24) is 5.32 Å². The van der Waals surface area contributed by atoms with Gasteiger partial charge in [0.05, 0.1) is 0 Å². The lowest BCUT2D eigenvalue weighted by molar-refractivity contribution is 0.575. The second kappa shape index (κ2) is 5.55. The van der Waals surface area contributed by atoms with Gasteiger partial charge < -0.3 is 5.32 Å². The summed E-state index contributed by atoms with van der Waals surface area (Å²) in [6.45, 7) is 6.50. The van der Waals surface area contributed by atoms with E-state index in [0.717, 1.165) is 18.5 Å².